The van der Waals surface area contributed by atoms with Gasteiger partial charge >= 0.3 is 0 Å². The number of halogens is 2. The van der Waals surface area contributed by atoms with Crippen molar-refractivity contribution in [3.8, 4) is 5.69 Å². The van der Waals surface area contributed by atoms with Crippen LogP contribution in [0.5, 0.6) is 0 Å². The molecule has 0 saturated carbocycles. The quantitative estimate of drug-likeness (QED) is 0.509. The van der Waals surface area contributed by atoms with E-state index < -0.39 is 0 Å². The third-order valence-corrected chi connectivity index (χ3v) is 4.82. The van der Waals surface area contributed by atoms with Gasteiger partial charge in [0.05, 0.1) is 24.8 Å². The minimum atomic E-state index is -0.149. The number of hydrogen-bond donors (Lipinski definition) is 1. The summed E-state index contributed by atoms with van der Waals surface area (Å²) in [5.41, 5.74) is 2.54. The second kappa shape index (κ2) is 8.42. The number of aromatic nitrogens is 6. The van der Waals surface area contributed by atoms with Crippen LogP contribution in [-0.2, 0) is 17.8 Å². The summed E-state index contributed by atoms with van der Waals surface area (Å²) >= 11 is 12.2. The fraction of sp³-hybridized carbons (Fsp3) is 0.105. The van der Waals surface area contributed by atoms with Crippen LogP contribution in [0.2, 0.25) is 10.0 Å². The Morgan fingerprint density at radius 1 is 1.07 bits per heavy atom. The number of carbonyl (C=O) groups excluding carboxylic acids is 1. The molecule has 146 valence electrons. The van der Waals surface area contributed by atoms with E-state index in [1.807, 2.05) is 30.3 Å². The van der Waals surface area contributed by atoms with E-state index in [0.29, 0.717) is 22.4 Å². The Balaban J connectivity index is 1.41. The maximum Gasteiger partial charge on any atom is 0.229 e. The van der Waals surface area contributed by atoms with Crippen molar-refractivity contribution in [1.29, 1.82) is 0 Å². The van der Waals surface area contributed by atoms with Gasteiger partial charge in [0.25, 0.3) is 0 Å². The predicted octanol–water partition coefficient (Wildman–Crippen LogP) is 3.40. The highest BCUT2D eigenvalue weighted by Crippen LogP contribution is 2.22. The van der Waals surface area contributed by atoms with Gasteiger partial charge in [0.2, 0.25) is 5.91 Å². The third kappa shape index (κ3) is 4.61. The van der Waals surface area contributed by atoms with Gasteiger partial charge in [0.15, 0.2) is 0 Å². The summed E-state index contributed by atoms with van der Waals surface area (Å²) in [7, 11) is 0. The van der Waals surface area contributed by atoms with Crippen LogP contribution in [0.3, 0.4) is 0 Å². The first-order chi connectivity index (χ1) is 14.1. The number of carbonyl (C=O) groups is 1. The molecule has 0 fully saturated rings. The minimum Gasteiger partial charge on any atom is -0.311 e. The molecule has 2 heterocycles. The lowest BCUT2D eigenvalue weighted by Crippen LogP contribution is -2.18. The van der Waals surface area contributed by atoms with Crippen LogP contribution in [0, 0.1) is 0 Å². The molecule has 0 radical (unpaired) electrons. The number of nitrogens with one attached hydrogen (secondary N) is 1. The van der Waals surface area contributed by atoms with E-state index >= 15 is 0 Å². The SMILES string of the molecule is O=C(Cc1ccc(-n2cnnn2)cc1)Nc1ccnn1Cc1ccc(Cl)cc1Cl. The summed E-state index contributed by atoms with van der Waals surface area (Å²) in [6.07, 6.45) is 3.36. The second-order valence-corrected chi connectivity index (χ2v) is 7.10. The molecule has 0 saturated heterocycles. The zero-order valence-corrected chi connectivity index (χ0v) is 16.5. The van der Waals surface area contributed by atoms with Crippen molar-refractivity contribution in [2.45, 2.75) is 13.0 Å². The maximum absolute atomic E-state index is 12.5. The number of hydrogen-bond acceptors (Lipinski definition) is 5. The molecular weight excluding hydrogens is 413 g/mol. The lowest BCUT2D eigenvalue weighted by atomic mass is 10.1. The molecule has 0 aliphatic carbocycles. The Hall–Kier alpha value is -3.23. The van der Waals surface area contributed by atoms with Crippen LogP contribution in [0.15, 0.2) is 61.1 Å². The molecule has 8 nitrogen and oxygen atoms in total. The van der Waals surface area contributed by atoms with E-state index in [0.717, 1.165) is 16.8 Å². The van der Waals surface area contributed by atoms with Gasteiger partial charge in [-0.3, -0.25) is 4.79 Å². The van der Waals surface area contributed by atoms with Gasteiger partial charge in [-0.05, 0) is 45.8 Å². The zero-order chi connectivity index (χ0) is 20.2. The summed E-state index contributed by atoms with van der Waals surface area (Å²) in [5, 5.41) is 19.3. The highest BCUT2D eigenvalue weighted by molar-refractivity contribution is 6.35. The lowest BCUT2D eigenvalue weighted by Gasteiger charge is -2.11. The summed E-state index contributed by atoms with van der Waals surface area (Å²) in [4.78, 5) is 12.5. The topological polar surface area (TPSA) is 90.5 Å². The summed E-state index contributed by atoms with van der Waals surface area (Å²) in [6.45, 7) is 0.416. The lowest BCUT2D eigenvalue weighted by molar-refractivity contribution is -0.115. The summed E-state index contributed by atoms with van der Waals surface area (Å²) in [6, 6.07) is 14.5. The molecule has 0 atom stereocenters. The average molecular weight is 428 g/mol. The molecule has 29 heavy (non-hydrogen) atoms. The number of benzene rings is 2. The van der Waals surface area contributed by atoms with Crippen molar-refractivity contribution in [2.75, 3.05) is 5.32 Å². The fourth-order valence-electron chi connectivity index (χ4n) is 2.79. The van der Waals surface area contributed by atoms with Crippen LogP contribution in [-0.4, -0.2) is 35.9 Å². The van der Waals surface area contributed by atoms with Crippen molar-refractivity contribution in [3.63, 3.8) is 0 Å². The number of tetrazole rings is 1. The third-order valence-electron chi connectivity index (χ3n) is 4.23. The maximum atomic E-state index is 12.5. The van der Waals surface area contributed by atoms with E-state index in [1.165, 1.54) is 6.33 Å². The van der Waals surface area contributed by atoms with Crippen molar-refractivity contribution < 1.29 is 4.79 Å². The first kappa shape index (κ1) is 19.1. The molecule has 2 aromatic heterocycles. The monoisotopic (exact) mass is 427 g/mol. The first-order valence-electron chi connectivity index (χ1n) is 8.66. The summed E-state index contributed by atoms with van der Waals surface area (Å²) in [5.74, 6) is 0.440. The van der Waals surface area contributed by atoms with E-state index in [1.54, 1.807) is 33.8 Å². The highest BCUT2D eigenvalue weighted by Gasteiger charge is 2.11. The zero-order valence-electron chi connectivity index (χ0n) is 15.0. The molecular formula is C19H15Cl2N7O. The van der Waals surface area contributed by atoms with Gasteiger partial charge in [-0.2, -0.15) is 5.10 Å². The number of amides is 1. The van der Waals surface area contributed by atoms with E-state index in [-0.39, 0.29) is 12.3 Å². The predicted molar refractivity (Wildman–Crippen MR) is 109 cm³/mol. The van der Waals surface area contributed by atoms with E-state index in [9.17, 15) is 4.79 Å². The fourth-order valence-corrected chi connectivity index (χ4v) is 3.26. The van der Waals surface area contributed by atoms with Crippen molar-refractivity contribution in [2.24, 2.45) is 0 Å². The number of anilines is 1. The molecule has 1 amide bonds. The molecule has 0 spiro atoms. The van der Waals surface area contributed by atoms with Gasteiger partial charge in [-0.25, -0.2) is 9.36 Å². The summed E-state index contributed by atoms with van der Waals surface area (Å²) < 4.78 is 3.22. The van der Waals surface area contributed by atoms with Crippen molar-refractivity contribution in [1.82, 2.24) is 30.0 Å². The molecule has 1 N–H and O–H groups in total. The van der Waals surface area contributed by atoms with Crippen LogP contribution < -0.4 is 5.32 Å². The Morgan fingerprint density at radius 3 is 2.62 bits per heavy atom. The largest absolute Gasteiger partial charge is 0.311 e. The molecule has 4 rings (SSSR count). The molecule has 2 aromatic carbocycles. The number of rotatable bonds is 6. The Kier molecular flexibility index (Phi) is 5.55. The number of nitrogens with zero attached hydrogens (tertiary/aromatic N) is 6. The molecule has 10 heteroatoms. The van der Waals surface area contributed by atoms with E-state index in [2.05, 4.69) is 25.9 Å². The van der Waals surface area contributed by atoms with Crippen LogP contribution in [0.25, 0.3) is 5.69 Å². The first-order valence-corrected chi connectivity index (χ1v) is 9.42. The smallest absolute Gasteiger partial charge is 0.229 e. The van der Waals surface area contributed by atoms with Crippen LogP contribution in [0.1, 0.15) is 11.1 Å². The van der Waals surface area contributed by atoms with Crippen LogP contribution >= 0.6 is 23.2 Å². The van der Waals surface area contributed by atoms with Gasteiger partial charge in [0, 0.05) is 16.1 Å². The van der Waals surface area contributed by atoms with Gasteiger partial charge in [-0.1, -0.05) is 41.4 Å². The normalized spacial score (nSPS) is 10.8. The van der Waals surface area contributed by atoms with Crippen molar-refractivity contribution >= 4 is 34.9 Å². The minimum absolute atomic E-state index is 0.149. The Bertz CT molecular complexity index is 1120. The van der Waals surface area contributed by atoms with Crippen molar-refractivity contribution in [3.05, 3.63) is 82.2 Å². The van der Waals surface area contributed by atoms with Gasteiger partial charge in [-0.15, -0.1) is 5.10 Å². The van der Waals surface area contributed by atoms with Crippen LogP contribution in [0.4, 0.5) is 5.82 Å². The molecule has 4 aromatic rings. The Morgan fingerprint density at radius 2 is 1.90 bits per heavy atom. The molecule has 0 unspecified atom stereocenters. The second-order valence-electron chi connectivity index (χ2n) is 6.26. The van der Waals surface area contributed by atoms with Gasteiger partial charge in [0.1, 0.15) is 12.1 Å². The molecule has 0 bridgehead atoms. The molecule has 0 aliphatic heterocycles. The standard InChI is InChI=1S/C19H15Cl2N7O/c20-15-4-3-14(17(21)10-15)11-27-18(7-8-23-27)24-19(29)9-13-1-5-16(6-2-13)28-12-22-25-26-28/h1-8,10,12H,9,11H2,(H,24,29). The average Bonchev–Trinajstić information content (AvgIpc) is 3.37. The molecule has 0 aliphatic rings. The Labute approximate surface area is 176 Å². The van der Waals surface area contributed by atoms with Gasteiger partial charge < -0.3 is 5.32 Å². The highest BCUT2D eigenvalue weighted by atomic mass is 35.5. The van der Waals surface area contributed by atoms with E-state index in [4.69, 9.17) is 23.2 Å².